The molecule has 1 aliphatic rings. The van der Waals surface area contributed by atoms with E-state index < -0.39 is 14.9 Å². The van der Waals surface area contributed by atoms with Crippen LogP contribution in [0, 0.1) is 10.1 Å². The average molecular weight is 394 g/mol. The second-order valence-electron chi connectivity index (χ2n) is 5.77. The molecule has 0 aliphatic carbocycles. The fourth-order valence-electron chi connectivity index (χ4n) is 2.54. The zero-order valence-electron chi connectivity index (χ0n) is 14.5. The maximum atomic E-state index is 12.7. The van der Waals surface area contributed by atoms with Crippen molar-refractivity contribution in [2.45, 2.75) is 4.90 Å². The van der Waals surface area contributed by atoms with E-state index in [4.69, 9.17) is 4.74 Å². The molecule has 0 amide bonds. The first-order chi connectivity index (χ1) is 12.9. The zero-order valence-corrected chi connectivity index (χ0v) is 15.3. The summed E-state index contributed by atoms with van der Waals surface area (Å²) in [6.07, 6.45) is 4.75. The molecule has 1 aromatic carbocycles. The first-order valence-electron chi connectivity index (χ1n) is 8.02. The van der Waals surface area contributed by atoms with Crippen molar-refractivity contribution in [2.24, 2.45) is 12.1 Å². The van der Waals surface area contributed by atoms with Crippen molar-refractivity contribution < 1.29 is 18.1 Å². The first kappa shape index (κ1) is 18.9. The number of hydrogen-bond acceptors (Lipinski definition) is 8. The molecule has 1 N–H and O–H groups in total. The Morgan fingerprint density at radius 1 is 1.37 bits per heavy atom. The molecular formula is C15H18N6O5S. The molecule has 1 fully saturated rings. The third-order valence-corrected chi connectivity index (χ3v) is 5.79. The van der Waals surface area contributed by atoms with Gasteiger partial charge < -0.3 is 4.74 Å². The molecule has 0 radical (unpaired) electrons. The Bertz CT molecular complexity index is 965. The highest BCUT2D eigenvalue weighted by Crippen LogP contribution is 2.29. The van der Waals surface area contributed by atoms with Crippen LogP contribution in [0.4, 0.5) is 11.4 Å². The first-order valence-corrected chi connectivity index (χ1v) is 9.46. The van der Waals surface area contributed by atoms with E-state index >= 15 is 0 Å². The molecule has 144 valence electrons. The number of morpholine rings is 1. The largest absolute Gasteiger partial charge is 0.379 e. The Balaban J connectivity index is 1.84. The summed E-state index contributed by atoms with van der Waals surface area (Å²) in [5.41, 5.74) is 2.98. The van der Waals surface area contributed by atoms with Gasteiger partial charge in [-0.25, -0.2) is 8.42 Å². The van der Waals surface area contributed by atoms with E-state index in [0.717, 1.165) is 6.07 Å². The van der Waals surface area contributed by atoms with E-state index in [1.165, 1.54) is 22.7 Å². The highest BCUT2D eigenvalue weighted by molar-refractivity contribution is 7.89. The van der Waals surface area contributed by atoms with E-state index in [9.17, 15) is 18.5 Å². The maximum Gasteiger partial charge on any atom is 0.295 e. The van der Waals surface area contributed by atoms with Gasteiger partial charge in [0.2, 0.25) is 10.0 Å². The van der Waals surface area contributed by atoms with Gasteiger partial charge in [0.25, 0.3) is 5.69 Å². The van der Waals surface area contributed by atoms with Crippen LogP contribution < -0.4 is 5.43 Å². The minimum atomic E-state index is -3.82. The molecule has 3 rings (SSSR count). The van der Waals surface area contributed by atoms with Gasteiger partial charge in [-0.15, -0.1) is 0 Å². The molecule has 27 heavy (non-hydrogen) atoms. The van der Waals surface area contributed by atoms with Crippen LogP contribution in [0.2, 0.25) is 0 Å². The SMILES string of the molecule is Cn1cc(/C=N/Nc2ccc(S(=O)(=O)N3CCOCC3)cc2[N+](=O)[O-])cn1. The Morgan fingerprint density at radius 3 is 2.74 bits per heavy atom. The van der Waals surface area contributed by atoms with Gasteiger partial charge in [-0.1, -0.05) is 0 Å². The molecule has 0 spiro atoms. The number of sulfonamides is 1. The summed E-state index contributed by atoms with van der Waals surface area (Å²) < 4.78 is 33.3. The lowest BCUT2D eigenvalue weighted by atomic mass is 10.3. The number of ether oxygens (including phenoxy) is 1. The summed E-state index contributed by atoms with van der Waals surface area (Å²) in [5, 5.41) is 19.3. The molecular weight excluding hydrogens is 376 g/mol. The third-order valence-electron chi connectivity index (χ3n) is 3.90. The lowest BCUT2D eigenvalue weighted by molar-refractivity contribution is -0.384. The van der Waals surface area contributed by atoms with E-state index in [1.807, 2.05) is 0 Å². The Hall–Kier alpha value is -2.83. The molecule has 1 aromatic heterocycles. The van der Waals surface area contributed by atoms with Crippen molar-refractivity contribution in [3.8, 4) is 0 Å². The van der Waals surface area contributed by atoms with Crippen LogP contribution >= 0.6 is 0 Å². The minimum absolute atomic E-state index is 0.0843. The summed E-state index contributed by atoms with van der Waals surface area (Å²) in [6, 6.07) is 3.68. The minimum Gasteiger partial charge on any atom is -0.379 e. The number of nitro benzene ring substituents is 1. The zero-order chi connectivity index (χ0) is 19.4. The predicted octanol–water partition coefficient (Wildman–Crippen LogP) is 0.795. The van der Waals surface area contributed by atoms with Crippen LogP contribution in [0.3, 0.4) is 0 Å². The Labute approximate surface area is 155 Å². The molecule has 11 nitrogen and oxygen atoms in total. The fourth-order valence-corrected chi connectivity index (χ4v) is 3.97. The van der Waals surface area contributed by atoms with Crippen molar-refractivity contribution in [1.29, 1.82) is 0 Å². The van der Waals surface area contributed by atoms with E-state index in [1.54, 1.807) is 24.1 Å². The lowest BCUT2D eigenvalue weighted by Gasteiger charge is -2.26. The van der Waals surface area contributed by atoms with Gasteiger partial charge >= 0.3 is 0 Å². The van der Waals surface area contributed by atoms with Crippen LogP contribution in [-0.2, 0) is 21.8 Å². The summed E-state index contributed by atoms with van der Waals surface area (Å²) in [6.45, 7) is 1.02. The van der Waals surface area contributed by atoms with E-state index in [0.29, 0.717) is 18.8 Å². The van der Waals surface area contributed by atoms with Crippen molar-refractivity contribution in [1.82, 2.24) is 14.1 Å². The van der Waals surface area contributed by atoms with Crippen LogP contribution in [0.25, 0.3) is 0 Å². The fraction of sp³-hybridized carbons (Fsp3) is 0.333. The number of rotatable bonds is 6. The van der Waals surface area contributed by atoms with E-state index in [2.05, 4.69) is 15.6 Å². The van der Waals surface area contributed by atoms with Crippen LogP contribution in [0.5, 0.6) is 0 Å². The smallest absolute Gasteiger partial charge is 0.295 e. The molecule has 2 heterocycles. The van der Waals surface area contributed by atoms with Crippen molar-refractivity contribution >= 4 is 27.6 Å². The van der Waals surface area contributed by atoms with Gasteiger partial charge in [-0.2, -0.15) is 14.5 Å². The normalized spacial score (nSPS) is 15.9. The second-order valence-corrected chi connectivity index (χ2v) is 7.71. The van der Waals surface area contributed by atoms with Crippen LogP contribution in [0.15, 0.2) is 40.6 Å². The van der Waals surface area contributed by atoms with Gasteiger partial charge in [0.15, 0.2) is 0 Å². The number of nitrogens with zero attached hydrogens (tertiary/aromatic N) is 5. The number of hydrazone groups is 1. The quantitative estimate of drug-likeness (QED) is 0.435. The van der Waals surface area contributed by atoms with Crippen molar-refractivity contribution in [2.75, 3.05) is 31.7 Å². The van der Waals surface area contributed by atoms with Gasteiger partial charge in [-0.05, 0) is 12.1 Å². The molecule has 0 bridgehead atoms. The maximum absolute atomic E-state index is 12.7. The second kappa shape index (κ2) is 7.82. The average Bonchev–Trinajstić information content (AvgIpc) is 3.07. The number of aryl methyl sites for hydroxylation is 1. The molecule has 0 saturated carbocycles. The predicted molar refractivity (Wildman–Crippen MR) is 97.1 cm³/mol. The Morgan fingerprint density at radius 2 is 2.11 bits per heavy atom. The third kappa shape index (κ3) is 4.30. The lowest BCUT2D eigenvalue weighted by Crippen LogP contribution is -2.40. The van der Waals surface area contributed by atoms with E-state index in [-0.39, 0.29) is 29.4 Å². The van der Waals surface area contributed by atoms with Gasteiger partial charge in [-0.3, -0.25) is 20.2 Å². The Kier molecular flexibility index (Phi) is 5.48. The molecule has 0 atom stereocenters. The highest BCUT2D eigenvalue weighted by atomic mass is 32.2. The van der Waals surface area contributed by atoms with Gasteiger partial charge in [0, 0.05) is 38.0 Å². The highest BCUT2D eigenvalue weighted by Gasteiger charge is 2.28. The number of nitro groups is 1. The van der Waals surface area contributed by atoms with Crippen molar-refractivity contribution in [3.63, 3.8) is 0 Å². The van der Waals surface area contributed by atoms with Gasteiger partial charge in [0.1, 0.15) is 5.69 Å². The number of aromatic nitrogens is 2. The molecule has 2 aromatic rings. The molecule has 12 heteroatoms. The number of anilines is 1. The van der Waals surface area contributed by atoms with Gasteiger partial charge in [0.05, 0.1) is 35.4 Å². The monoisotopic (exact) mass is 394 g/mol. The summed E-state index contributed by atoms with van der Waals surface area (Å²) in [5.74, 6) is 0. The van der Waals surface area contributed by atoms with Crippen LogP contribution in [0.1, 0.15) is 5.56 Å². The van der Waals surface area contributed by atoms with Crippen LogP contribution in [-0.4, -0.2) is 59.9 Å². The summed E-state index contributed by atoms with van der Waals surface area (Å²) >= 11 is 0. The molecule has 1 aliphatic heterocycles. The standard InChI is InChI=1S/C15H18N6O5S/c1-19-11-12(10-17-19)9-16-18-14-3-2-13(8-15(14)21(22)23)27(24,25)20-4-6-26-7-5-20/h2-3,8-11,18H,4-7H2,1H3/b16-9+. The number of hydrogen-bond donors (Lipinski definition) is 1. The topological polar surface area (TPSA) is 132 Å². The number of benzene rings is 1. The molecule has 1 saturated heterocycles. The molecule has 0 unspecified atom stereocenters. The number of nitrogens with one attached hydrogen (secondary N) is 1. The van der Waals surface area contributed by atoms with Crippen molar-refractivity contribution in [3.05, 3.63) is 46.3 Å². The summed E-state index contributed by atoms with van der Waals surface area (Å²) in [7, 11) is -2.07. The summed E-state index contributed by atoms with van der Waals surface area (Å²) in [4.78, 5) is 10.6.